The molecule has 0 amide bonds. The summed E-state index contributed by atoms with van der Waals surface area (Å²) in [6, 6.07) is 4.06. The molecule has 0 saturated carbocycles. The SMILES string of the molecule is CCc1cc2c(C(F)(F)F)cc(Br)cc2o1. The lowest BCUT2D eigenvalue weighted by molar-refractivity contribution is -0.136. The summed E-state index contributed by atoms with van der Waals surface area (Å²) in [6.07, 6.45) is -3.79. The highest BCUT2D eigenvalue weighted by molar-refractivity contribution is 9.10. The van der Waals surface area contributed by atoms with E-state index in [1.807, 2.05) is 6.92 Å². The molecular formula is C11H8BrF3O. The van der Waals surface area contributed by atoms with Gasteiger partial charge in [0.15, 0.2) is 0 Å². The van der Waals surface area contributed by atoms with Gasteiger partial charge in [-0.05, 0) is 18.2 Å². The largest absolute Gasteiger partial charge is 0.461 e. The molecule has 1 aromatic carbocycles. The van der Waals surface area contributed by atoms with Crippen LogP contribution in [0.5, 0.6) is 0 Å². The van der Waals surface area contributed by atoms with Crippen LogP contribution in [0.4, 0.5) is 13.2 Å². The molecule has 16 heavy (non-hydrogen) atoms. The van der Waals surface area contributed by atoms with Crippen LogP contribution in [0.1, 0.15) is 18.2 Å². The molecule has 0 N–H and O–H groups in total. The van der Waals surface area contributed by atoms with Gasteiger partial charge >= 0.3 is 6.18 Å². The van der Waals surface area contributed by atoms with Crippen LogP contribution in [0.2, 0.25) is 0 Å². The Kier molecular flexibility index (Phi) is 2.74. The molecule has 0 bridgehead atoms. The standard InChI is InChI=1S/C11H8BrF3O/c1-2-7-5-8-9(11(13,14)15)3-6(12)4-10(8)16-7/h3-5H,2H2,1H3. The quantitative estimate of drug-likeness (QED) is 0.737. The summed E-state index contributed by atoms with van der Waals surface area (Å²) >= 11 is 3.05. The van der Waals surface area contributed by atoms with Gasteiger partial charge in [-0.1, -0.05) is 22.9 Å². The first-order chi connectivity index (χ1) is 7.41. The molecular weight excluding hydrogens is 285 g/mol. The zero-order valence-electron chi connectivity index (χ0n) is 8.36. The van der Waals surface area contributed by atoms with E-state index in [0.29, 0.717) is 16.7 Å². The minimum absolute atomic E-state index is 0.118. The van der Waals surface area contributed by atoms with E-state index in [0.717, 1.165) is 6.07 Å². The Morgan fingerprint density at radius 1 is 1.25 bits per heavy atom. The molecule has 1 aromatic heterocycles. The monoisotopic (exact) mass is 292 g/mol. The second kappa shape index (κ2) is 3.80. The Morgan fingerprint density at radius 3 is 2.50 bits per heavy atom. The highest BCUT2D eigenvalue weighted by atomic mass is 79.9. The lowest BCUT2D eigenvalue weighted by Gasteiger charge is -2.07. The van der Waals surface area contributed by atoms with Crippen molar-refractivity contribution in [3.05, 3.63) is 34.0 Å². The summed E-state index contributed by atoms with van der Waals surface area (Å²) in [6.45, 7) is 1.83. The summed E-state index contributed by atoms with van der Waals surface area (Å²) in [5.74, 6) is 0.554. The summed E-state index contributed by atoms with van der Waals surface area (Å²) in [7, 11) is 0. The molecule has 0 aliphatic carbocycles. The van der Waals surface area contributed by atoms with Crippen LogP contribution in [0.25, 0.3) is 11.0 Å². The highest BCUT2D eigenvalue weighted by Gasteiger charge is 2.33. The molecule has 1 nitrogen and oxygen atoms in total. The van der Waals surface area contributed by atoms with Gasteiger partial charge in [-0.3, -0.25) is 0 Å². The van der Waals surface area contributed by atoms with Crippen LogP contribution in [-0.2, 0) is 12.6 Å². The Morgan fingerprint density at radius 2 is 1.94 bits per heavy atom. The molecule has 0 saturated heterocycles. The summed E-state index contributed by atoms with van der Waals surface area (Å²) in [5.41, 5.74) is -0.404. The molecule has 0 aliphatic heterocycles. The number of fused-ring (bicyclic) bond motifs is 1. The number of rotatable bonds is 1. The van der Waals surface area contributed by atoms with Crippen LogP contribution in [-0.4, -0.2) is 0 Å². The van der Waals surface area contributed by atoms with E-state index in [2.05, 4.69) is 15.9 Å². The van der Waals surface area contributed by atoms with Crippen molar-refractivity contribution in [1.29, 1.82) is 0 Å². The zero-order chi connectivity index (χ0) is 11.9. The van der Waals surface area contributed by atoms with E-state index in [4.69, 9.17) is 4.42 Å². The van der Waals surface area contributed by atoms with Crippen LogP contribution in [0, 0.1) is 0 Å². The molecule has 0 atom stereocenters. The second-order valence-corrected chi connectivity index (χ2v) is 4.34. The normalized spacial score (nSPS) is 12.3. The van der Waals surface area contributed by atoms with Gasteiger partial charge in [0.1, 0.15) is 11.3 Å². The van der Waals surface area contributed by atoms with Crippen molar-refractivity contribution in [3.8, 4) is 0 Å². The fraction of sp³-hybridized carbons (Fsp3) is 0.273. The number of benzene rings is 1. The fourth-order valence-corrected chi connectivity index (χ4v) is 2.00. The van der Waals surface area contributed by atoms with Crippen LogP contribution in [0.15, 0.2) is 27.1 Å². The number of aryl methyl sites for hydroxylation is 1. The third-order valence-corrected chi connectivity index (χ3v) is 2.76. The van der Waals surface area contributed by atoms with Gasteiger partial charge in [-0.15, -0.1) is 0 Å². The van der Waals surface area contributed by atoms with Crippen molar-refractivity contribution >= 4 is 26.9 Å². The molecule has 86 valence electrons. The third kappa shape index (κ3) is 1.96. The van der Waals surface area contributed by atoms with Gasteiger partial charge in [0.2, 0.25) is 0 Å². The van der Waals surface area contributed by atoms with E-state index in [-0.39, 0.29) is 11.0 Å². The average Bonchev–Trinajstić information content (AvgIpc) is 2.57. The van der Waals surface area contributed by atoms with Crippen LogP contribution >= 0.6 is 15.9 Å². The first kappa shape index (κ1) is 11.5. The fourth-order valence-electron chi connectivity index (χ4n) is 1.57. The number of alkyl halides is 3. The van der Waals surface area contributed by atoms with Crippen molar-refractivity contribution < 1.29 is 17.6 Å². The lowest BCUT2D eigenvalue weighted by atomic mass is 10.1. The van der Waals surface area contributed by atoms with E-state index >= 15 is 0 Å². The average molecular weight is 293 g/mol. The zero-order valence-corrected chi connectivity index (χ0v) is 9.95. The topological polar surface area (TPSA) is 13.1 Å². The number of hydrogen-bond donors (Lipinski definition) is 0. The van der Waals surface area contributed by atoms with Crippen LogP contribution in [0.3, 0.4) is 0 Å². The first-order valence-electron chi connectivity index (χ1n) is 4.71. The number of halogens is 4. The maximum atomic E-state index is 12.7. The Labute approximate surface area is 98.4 Å². The molecule has 0 aliphatic rings. The Hall–Kier alpha value is -0.970. The van der Waals surface area contributed by atoms with E-state index < -0.39 is 11.7 Å². The smallest absolute Gasteiger partial charge is 0.417 e. The van der Waals surface area contributed by atoms with Gasteiger partial charge < -0.3 is 4.42 Å². The van der Waals surface area contributed by atoms with E-state index in [1.54, 1.807) is 6.07 Å². The Bertz CT molecular complexity index is 528. The van der Waals surface area contributed by atoms with Gasteiger partial charge in [-0.2, -0.15) is 13.2 Å². The minimum Gasteiger partial charge on any atom is -0.461 e. The Balaban J connectivity index is 2.76. The first-order valence-corrected chi connectivity index (χ1v) is 5.50. The second-order valence-electron chi connectivity index (χ2n) is 3.43. The number of hydrogen-bond acceptors (Lipinski definition) is 1. The third-order valence-electron chi connectivity index (χ3n) is 2.31. The van der Waals surface area contributed by atoms with Gasteiger partial charge in [0.25, 0.3) is 0 Å². The molecule has 0 spiro atoms. The maximum Gasteiger partial charge on any atom is 0.417 e. The summed E-state index contributed by atoms with van der Waals surface area (Å²) < 4.78 is 43.9. The highest BCUT2D eigenvalue weighted by Crippen LogP contribution is 2.38. The van der Waals surface area contributed by atoms with Crippen molar-refractivity contribution in [2.24, 2.45) is 0 Å². The van der Waals surface area contributed by atoms with E-state index in [9.17, 15) is 13.2 Å². The predicted molar refractivity (Wildman–Crippen MR) is 58.3 cm³/mol. The van der Waals surface area contributed by atoms with Gasteiger partial charge in [0.05, 0.1) is 5.56 Å². The number of furan rings is 1. The summed E-state index contributed by atoms with van der Waals surface area (Å²) in [5, 5.41) is 0.118. The van der Waals surface area contributed by atoms with Crippen LogP contribution < -0.4 is 0 Å². The summed E-state index contributed by atoms with van der Waals surface area (Å²) in [4.78, 5) is 0. The predicted octanol–water partition coefficient (Wildman–Crippen LogP) is 4.78. The van der Waals surface area contributed by atoms with Gasteiger partial charge in [-0.25, -0.2) is 0 Å². The van der Waals surface area contributed by atoms with Crippen molar-refractivity contribution in [2.75, 3.05) is 0 Å². The molecule has 5 heteroatoms. The van der Waals surface area contributed by atoms with Gasteiger partial charge in [0, 0.05) is 16.3 Å². The molecule has 1 heterocycles. The van der Waals surface area contributed by atoms with Crippen molar-refractivity contribution in [1.82, 2.24) is 0 Å². The minimum atomic E-state index is -4.36. The molecule has 2 rings (SSSR count). The molecule has 2 aromatic rings. The van der Waals surface area contributed by atoms with E-state index in [1.165, 1.54) is 6.07 Å². The molecule has 0 fully saturated rings. The molecule has 0 unspecified atom stereocenters. The molecule has 0 radical (unpaired) electrons. The lowest BCUT2D eigenvalue weighted by Crippen LogP contribution is -2.05. The van der Waals surface area contributed by atoms with Crippen molar-refractivity contribution in [3.63, 3.8) is 0 Å². The maximum absolute atomic E-state index is 12.7. The van der Waals surface area contributed by atoms with Crippen molar-refractivity contribution in [2.45, 2.75) is 19.5 Å².